The van der Waals surface area contributed by atoms with Gasteiger partial charge in [0.25, 0.3) is 0 Å². The van der Waals surface area contributed by atoms with Crippen molar-refractivity contribution in [2.45, 2.75) is 27.7 Å². The molecule has 1 atom stereocenters. The fourth-order valence-electron chi connectivity index (χ4n) is 1.34. The van der Waals surface area contributed by atoms with Crippen LogP contribution >= 0.6 is 11.6 Å². The number of rotatable bonds is 6. The van der Waals surface area contributed by atoms with Crippen LogP contribution in [0.4, 0.5) is 0 Å². The van der Waals surface area contributed by atoms with Crippen LogP contribution in [-0.2, 0) is 0 Å². The maximum atomic E-state index is 5.76. The fraction of sp³-hybridized carbons (Fsp3) is 1.00. The molecule has 0 aromatic heterocycles. The second-order valence-corrected chi connectivity index (χ2v) is 4.31. The van der Waals surface area contributed by atoms with Gasteiger partial charge in [-0.1, -0.05) is 27.7 Å². The van der Waals surface area contributed by atoms with Crippen molar-refractivity contribution in [3.63, 3.8) is 0 Å². The maximum absolute atomic E-state index is 5.76. The summed E-state index contributed by atoms with van der Waals surface area (Å²) in [5, 5.41) is 0. The molecule has 0 bridgehead atoms. The van der Waals surface area contributed by atoms with E-state index in [4.69, 9.17) is 11.6 Å². The van der Waals surface area contributed by atoms with Crippen LogP contribution in [0.5, 0.6) is 0 Å². The molecule has 74 valence electrons. The molecule has 2 heteroatoms. The van der Waals surface area contributed by atoms with Crippen LogP contribution in [-0.4, -0.2) is 30.4 Å². The topological polar surface area (TPSA) is 3.24 Å². The largest absolute Gasteiger partial charge is 0.303 e. The Balaban J connectivity index is 3.66. The Morgan fingerprint density at radius 1 is 1.17 bits per heavy atom. The minimum absolute atomic E-state index is 0.616. The molecule has 0 saturated heterocycles. The van der Waals surface area contributed by atoms with Crippen molar-refractivity contribution in [3.05, 3.63) is 0 Å². The minimum Gasteiger partial charge on any atom is -0.303 e. The zero-order valence-electron chi connectivity index (χ0n) is 8.81. The van der Waals surface area contributed by atoms with Crippen molar-refractivity contribution in [1.82, 2.24) is 4.90 Å². The van der Waals surface area contributed by atoms with Crippen molar-refractivity contribution >= 4 is 11.6 Å². The first-order valence-corrected chi connectivity index (χ1v) is 5.41. The number of hydrogen-bond donors (Lipinski definition) is 0. The van der Waals surface area contributed by atoms with E-state index in [-0.39, 0.29) is 0 Å². The summed E-state index contributed by atoms with van der Waals surface area (Å²) in [5.41, 5.74) is 0. The summed E-state index contributed by atoms with van der Waals surface area (Å²) >= 11 is 5.76. The molecule has 0 fully saturated rings. The lowest BCUT2D eigenvalue weighted by Gasteiger charge is -2.24. The van der Waals surface area contributed by atoms with Crippen LogP contribution in [0.15, 0.2) is 0 Å². The predicted molar refractivity (Wildman–Crippen MR) is 56.8 cm³/mol. The monoisotopic (exact) mass is 191 g/mol. The molecule has 0 radical (unpaired) electrons. The highest BCUT2D eigenvalue weighted by Crippen LogP contribution is 2.04. The van der Waals surface area contributed by atoms with Crippen LogP contribution < -0.4 is 0 Å². The van der Waals surface area contributed by atoms with Crippen LogP contribution in [0.2, 0.25) is 0 Å². The summed E-state index contributed by atoms with van der Waals surface area (Å²) in [6.07, 6.45) is 0. The van der Waals surface area contributed by atoms with Gasteiger partial charge in [0.2, 0.25) is 0 Å². The average Bonchev–Trinajstić information content (AvgIpc) is 2.02. The lowest BCUT2D eigenvalue weighted by Crippen LogP contribution is -2.32. The van der Waals surface area contributed by atoms with E-state index in [0.29, 0.717) is 5.92 Å². The maximum Gasteiger partial charge on any atom is 0.0261 e. The molecule has 0 aliphatic rings. The van der Waals surface area contributed by atoms with E-state index in [9.17, 15) is 0 Å². The molecule has 0 aliphatic carbocycles. The van der Waals surface area contributed by atoms with Crippen LogP contribution in [0.25, 0.3) is 0 Å². The molecule has 0 aliphatic heterocycles. The summed E-state index contributed by atoms with van der Waals surface area (Å²) in [6.45, 7) is 12.4. The molecule has 0 aromatic carbocycles. The average molecular weight is 192 g/mol. The van der Waals surface area contributed by atoms with E-state index in [1.807, 2.05) is 0 Å². The summed E-state index contributed by atoms with van der Waals surface area (Å²) in [5.74, 6) is 2.15. The third kappa shape index (κ3) is 5.84. The molecule has 0 amide bonds. The van der Waals surface area contributed by atoms with E-state index in [1.165, 1.54) is 6.54 Å². The number of nitrogens with zero attached hydrogens (tertiary/aromatic N) is 1. The van der Waals surface area contributed by atoms with Crippen molar-refractivity contribution < 1.29 is 0 Å². The summed E-state index contributed by atoms with van der Waals surface area (Å²) in [7, 11) is 0. The molecular weight excluding hydrogens is 170 g/mol. The van der Waals surface area contributed by atoms with Crippen LogP contribution in [0.1, 0.15) is 27.7 Å². The van der Waals surface area contributed by atoms with Gasteiger partial charge in [-0.05, 0) is 18.4 Å². The molecule has 1 nitrogen and oxygen atoms in total. The highest BCUT2D eigenvalue weighted by atomic mass is 35.5. The lowest BCUT2D eigenvalue weighted by atomic mass is 10.1. The van der Waals surface area contributed by atoms with Gasteiger partial charge in [0, 0.05) is 19.0 Å². The molecule has 1 unspecified atom stereocenters. The van der Waals surface area contributed by atoms with Gasteiger partial charge in [-0.3, -0.25) is 0 Å². The van der Waals surface area contributed by atoms with Crippen molar-refractivity contribution in [2.75, 3.05) is 25.5 Å². The van der Waals surface area contributed by atoms with Gasteiger partial charge in [-0.15, -0.1) is 11.6 Å². The van der Waals surface area contributed by atoms with Gasteiger partial charge in [0.05, 0.1) is 0 Å². The van der Waals surface area contributed by atoms with Crippen molar-refractivity contribution in [1.29, 1.82) is 0 Å². The van der Waals surface area contributed by atoms with E-state index in [2.05, 4.69) is 32.6 Å². The second kappa shape index (κ2) is 6.73. The van der Waals surface area contributed by atoms with Gasteiger partial charge in [0.1, 0.15) is 0 Å². The molecule has 0 heterocycles. The lowest BCUT2D eigenvalue weighted by molar-refractivity contribution is 0.231. The van der Waals surface area contributed by atoms with Crippen LogP contribution in [0, 0.1) is 11.8 Å². The zero-order valence-corrected chi connectivity index (χ0v) is 9.56. The Labute approximate surface area is 82.1 Å². The van der Waals surface area contributed by atoms with Gasteiger partial charge in [0.15, 0.2) is 0 Å². The third-order valence-electron chi connectivity index (χ3n) is 1.90. The number of hydrogen-bond acceptors (Lipinski definition) is 1. The minimum atomic E-state index is 0.616. The Morgan fingerprint density at radius 3 is 2.08 bits per heavy atom. The quantitative estimate of drug-likeness (QED) is 0.584. The van der Waals surface area contributed by atoms with Crippen molar-refractivity contribution in [2.24, 2.45) is 11.8 Å². The smallest absolute Gasteiger partial charge is 0.0261 e. The molecule has 0 spiro atoms. The third-order valence-corrected chi connectivity index (χ3v) is 2.43. The predicted octanol–water partition coefficient (Wildman–Crippen LogP) is 2.84. The molecule has 0 N–H and O–H groups in total. The van der Waals surface area contributed by atoms with Gasteiger partial charge in [-0.25, -0.2) is 0 Å². The highest BCUT2D eigenvalue weighted by molar-refractivity contribution is 6.18. The number of halogens is 1. The summed E-state index contributed by atoms with van der Waals surface area (Å²) < 4.78 is 0. The van der Waals surface area contributed by atoms with Gasteiger partial charge < -0.3 is 4.90 Å². The summed E-state index contributed by atoms with van der Waals surface area (Å²) in [4.78, 5) is 2.47. The Kier molecular flexibility index (Phi) is 6.87. The number of alkyl halides is 1. The molecule has 0 saturated carbocycles. The first kappa shape index (κ1) is 12.2. The SMILES string of the molecule is CCN(CC(C)C)CC(C)CCl. The van der Waals surface area contributed by atoms with Gasteiger partial charge >= 0.3 is 0 Å². The standard InChI is InChI=1S/C10H22ClN/c1-5-12(7-9(2)3)8-10(4)6-11/h9-10H,5-8H2,1-4H3. The van der Waals surface area contributed by atoms with E-state index < -0.39 is 0 Å². The molecule has 12 heavy (non-hydrogen) atoms. The first-order valence-electron chi connectivity index (χ1n) is 4.88. The van der Waals surface area contributed by atoms with E-state index >= 15 is 0 Å². The Morgan fingerprint density at radius 2 is 1.75 bits per heavy atom. The highest BCUT2D eigenvalue weighted by Gasteiger charge is 2.08. The molecule has 0 rings (SSSR count). The van der Waals surface area contributed by atoms with E-state index in [0.717, 1.165) is 24.9 Å². The molecular formula is C10H22ClN. The first-order chi connectivity index (χ1) is 5.60. The fourth-order valence-corrected chi connectivity index (χ4v) is 1.44. The molecule has 0 aromatic rings. The normalized spacial score (nSPS) is 14.2. The van der Waals surface area contributed by atoms with Gasteiger partial charge in [-0.2, -0.15) is 0 Å². The summed E-state index contributed by atoms with van der Waals surface area (Å²) in [6, 6.07) is 0. The van der Waals surface area contributed by atoms with E-state index in [1.54, 1.807) is 0 Å². The Hall–Kier alpha value is 0.250. The van der Waals surface area contributed by atoms with Crippen molar-refractivity contribution in [3.8, 4) is 0 Å². The Bertz CT molecular complexity index is 104. The second-order valence-electron chi connectivity index (χ2n) is 4.01. The van der Waals surface area contributed by atoms with Crippen LogP contribution in [0.3, 0.4) is 0 Å². The zero-order chi connectivity index (χ0) is 9.56.